The lowest BCUT2D eigenvalue weighted by atomic mass is 10.1. The van der Waals surface area contributed by atoms with E-state index in [0.717, 1.165) is 12.1 Å². The highest BCUT2D eigenvalue weighted by Crippen LogP contribution is 2.04. The van der Waals surface area contributed by atoms with Gasteiger partial charge in [0.2, 0.25) is 0 Å². The van der Waals surface area contributed by atoms with Gasteiger partial charge in [0.1, 0.15) is 0 Å². The Labute approximate surface area is 98.3 Å². The van der Waals surface area contributed by atoms with Crippen LogP contribution in [0.25, 0.3) is 0 Å². The van der Waals surface area contributed by atoms with Crippen LogP contribution in [0, 0.1) is 0 Å². The molecule has 0 bridgehead atoms. The monoisotopic (exact) mass is 216 g/mol. The molecule has 1 aromatic rings. The quantitative estimate of drug-likeness (QED) is 0.707. The minimum absolute atomic E-state index is 0.891. The summed E-state index contributed by atoms with van der Waals surface area (Å²) in [5.74, 6) is 0. The molecule has 2 nitrogen and oxygen atoms in total. The van der Waals surface area contributed by atoms with Crippen LogP contribution in [0.2, 0.25) is 0 Å². The summed E-state index contributed by atoms with van der Waals surface area (Å²) in [6.07, 6.45) is 3.02. The molecule has 0 aliphatic heterocycles. The fourth-order valence-corrected chi connectivity index (χ4v) is 1.37. The second-order valence-corrected chi connectivity index (χ2v) is 4.06. The van der Waals surface area contributed by atoms with Crippen molar-refractivity contribution < 1.29 is 0 Å². The van der Waals surface area contributed by atoms with E-state index in [2.05, 4.69) is 47.2 Å². The highest BCUT2D eigenvalue weighted by molar-refractivity contribution is 5.96. The van der Waals surface area contributed by atoms with Crippen LogP contribution in [0.15, 0.2) is 47.1 Å². The fourth-order valence-electron chi connectivity index (χ4n) is 1.37. The van der Waals surface area contributed by atoms with Crippen LogP contribution in [0.5, 0.6) is 0 Å². The van der Waals surface area contributed by atoms with Crippen LogP contribution in [-0.4, -0.2) is 31.8 Å². The van der Waals surface area contributed by atoms with Crippen LogP contribution in [0.4, 0.5) is 0 Å². The van der Waals surface area contributed by atoms with Gasteiger partial charge < -0.3 is 4.90 Å². The highest BCUT2D eigenvalue weighted by atomic mass is 15.1. The van der Waals surface area contributed by atoms with E-state index in [-0.39, 0.29) is 0 Å². The Morgan fingerprint density at radius 2 is 1.88 bits per heavy atom. The van der Waals surface area contributed by atoms with E-state index >= 15 is 0 Å². The van der Waals surface area contributed by atoms with Crippen molar-refractivity contribution in [3.63, 3.8) is 0 Å². The SMILES string of the molecule is CN=C(/C=C(/C)N(C)C)Cc1ccccc1. The first-order chi connectivity index (χ1) is 7.63. The van der Waals surface area contributed by atoms with Crippen molar-refractivity contribution in [2.24, 2.45) is 4.99 Å². The Bertz CT molecular complexity index is 375. The Morgan fingerprint density at radius 3 is 2.38 bits per heavy atom. The normalized spacial score (nSPS) is 12.8. The molecule has 0 saturated carbocycles. The predicted octanol–water partition coefficient (Wildman–Crippen LogP) is 2.77. The second kappa shape index (κ2) is 6.11. The molecule has 0 aliphatic rings. The molecule has 0 saturated heterocycles. The van der Waals surface area contributed by atoms with Gasteiger partial charge in [-0.15, -0.1) is 0 Å². The summed E-state index contributed by atoms with van der Waals surface area (Å²) in [6.45, 7) is 2.09. The van der Waals surface area contributed by atoms with Gasteiger partial charge in [-0.05, 0) is 18.6 Å². The number of nitrogens with zero attached hydrogens (tertiary/aromatic N) is 2. The molecular weight excluding hydrogens is 196 g/mol. The van der Waals surface area contributed by atoms with E-state index < -0.39 is 0 Å². The summed E-state index contributed by atoms with van der Waals surface area (Å²) in [6, 6.07) is 10.4. The molecule has 0 fully saturated rings. The summed E-state index contributed by atoms with van der Waals surface area (Å²) in [5.41, 5.74) is 3.62. The number of rotatable bonds is 4. The number of hydrogen-bond donors (Lipinski definition) is 0. The molecule has 0 N–H and O–H groups in total. The van der Waals surface area contributed by atoms with Gasteiger partial charge in [-0.1, -0.05) is 30.3 Å². The van der Waals surface area contributed by atoms with Crippen molar-refractivity contribution >= 4 is 5.71 Å². The first kappa shape index (κ1) is 12.5. The van der Waals surface area contributed by atoms with E-state index in [0.29, 0.717) is 0 Å². The summed E-state index contributed by atoms with van der Waals surface area (Å²) in [7, 11) is 5.93. The van der Waals surface area contributed by atoms with Crippen LogP contribution in [0.1, 0.15) is 12.5 Å². The molecule has 0 spiro atoms. The maximum atomic E-state index is 4.32. The number of allylic oxidation sites excluding steroid dienone is 2. The lowest BCUT2D eigenvalue weighted by Crippen LogP contribution is -2.11. The topological polar surface area (TPSA) is 15.6 Å². The molecule has 0 aliphatic carbocycles. The van der Waals surface area contributed by atoms with E-state index in [4.69, 9.17) is 0 Å². The molecule has 0 atom stereocenters. The molecule has 1 rings (SSSR count). The predicted molar refractivity (Wildman–Crippen MR) is 70.9 cm³/mol. The van der Waals surface area contributed by atoms with Crippen LogP contribution in [-0.2, 0) is 6.42 Å². The van der Waals surface area contributed by atoms with Crippen molar-refractivity contribution in [3.8, 4) is 0 Å². The van der Waals surface area contributed by atoms with E-state index in [1.54, 1.807) is 0 Å². The highest BCUT2D eigenvalue weighted by Gasteiger charge is 1.99. The first-order valence-electron chi connectivity index (χ1n) is 5.48. The van der Waals surface area contributed by atoms with Gasteiger partial charge in [-0.25, -0.2) is 0 Å². The maximum Gasteiger partial charge on any atom is 0.0405 e. The van der Waals surface area contributed by atoms with E-state index in [1.165, 1.54) is 11.3 Å². The third-order valence-corrected chi connectivity index (χ3v) is 2.60. The molecule has 0 aromatic heterocycles. The van der Waals surface area contributed by atoms with Gasteiger partial charge >= 0.3 is 0 Å². The Morgan fingerprint density at radius 1 is 1.25 bits per heavy atom. The van der Waals surface area contributed by atoms with Gasteiger partial charge in [0.15, 0.2) is 0 Å². The number of aliphatic imine (C=N–C) groups is 1. The first-order valence-corrected chi connectivity index (χ1v) is 5.48. The minimum Gasteiger partial charge on any atom is -0.381 e. The number of hydrogen-bond acceptors (Lipinski definition) is 2. The summed E-state index contributed by atoms with van der Waals surface area (Å²) in [4.78, 5) is 6.41. The molecule has 1 aromatic carbocycles. The van der Waals surface area contributed by atoms with E-state index in [1.807, 2.05) is 27.2 Å². The standard InChI is InChI=1S/C14H20N2/c1-12(16(3)4)10-14(15-2)11-13-8-6-5-7-9-13/h5-10H,11H2,1-4H3/b12-10-,15-14?. The second-order valence-electron chi connectivity index (χ2n) is 4.06. The van der Waals surface area contributed by atoms with E-state index in [9.17, 15) is 0 Å². The zero-order valence-electron chi connectivity index (χ0n) is 10.6. The molecule has 0 unspecified atom stereocenters. The van der Waals surface area contributed by atoms with Crippen molar-refractivity contribution in [1.29, 1.82) is 0 Å². The van der Waals surface area contributed by atoms with Crippen LogP contribution >= 0.6 is 0 Å². The van der Waals surface area contributed by atoms with Crippen molar-refractivity contribution in [2.45, 2.75) is 13.3 Å². The third-order valence-electron chi connectivity index (χ3n) is 2.60. The van der Waals surface area contributed by atoms with Gasteiger partial charge in [-0.3, -0.25) is 4.99 Å². The largest absolute Gasteiger partial charge is 0.381 e. The van der Waals surface area contributed by atoms with Crippen LogP contribution in [0.3, 0.4) is 0 Å². The van der Waals surface area contributed by atoms with Crippen molar-refractivity contribution in [3.05, 3.63) is 47.7 Å². The van der Waals surface area contributed by atoms with Gasteiger partial charge in [0, 0.05) is 39.0 Å². The zero-order valence-corrected chi connectivity index (χ0v) is 10.6. The molecule has 0 amide bonds. The lowest BCUT2D eigenvalue weighted by Gasteiger charge is -2.13. The molecule has 2 heteroatoms. The maximum absolute atomic E-state index is 4.32. The average Bonchev–Trinajstić information content (AvgIpc) is 2.29. The summed E-state index contributed by atoms with van der Waals surface area (Å²) < 4.78 is 0. The summed E-state index contributed by atoms with van der Waals surface area (Å²) in [5, 5.41) is 0. The Kier molecular flexibility index (Phi) is 4.77. The number of benzene rings is 1. The van der Waals surface area contributed by atoms with Gasteiger partial charge in [-0.2, -0.15) is 0 Å². The lowest BCUT2D eigenvalue weighted by molar-refractivity contribution is 0.514. The fraction of sp³-hybridized carbons (Fsp3) is 0.357. The van der Waals surface area contributed by atoms with Crippen LogP contribution < -0.4 is 0 Å². The molecule has 0 radical (unpaired) electrons. The smallest absolute Gasteiger partial charge is 0.0405 e. The summed E-state index contributed by atoms with van der Waals surface area (Å²) >= 11 is 0. The van der Waals surface area contributed by atoms with Crippen molar-refractivity contribution in [2.75, 3.05) is 21.1 Å². The average molecular weight is 216 g/mol. The zero-order chi connectivity index (χ0) is 12.0. The van der Waals surface area contributed by atoms with Gasteiger partial charge in [0.25, 0.3) is 0 Å². The molecule has 0 heterocycles. The molecule has 86 valence electrons. The third kappa shape index (κ3) is 3.89. The van der Waals surface area contributed by atoms with Crippen molar-refractivity contribution in [1.82, 2.24) is 4.90 Å². The molecule has 16 heavy (non-hydrogen) atoms. The Hall–Kier alpha value is -1.57. The minimum atomic E-state index is 0.891. The molecular formula is C14H20N2. The Balaban J connectivity index is 2.75. The van der Waals surface area contributed by atoms with Gasteiger partial charge in [0.05, 0.1) is 0 Å².